The first-order valence-electron chi connectivity index (χ1n) is 10.9. The third-order valence-electron chi connectivity index (χ3n) is 7.75. The Morgan fingerprint density at radius 2 is 1.85 bits per heavy atom. The number of benzene rings is 2. The van der Waals surface area contributed by atoms with Crippen molar-refractivity contribution in [2.24, 2.45) is 11.8 Å². The molecule has 0 aliphatic carbocycles. The molecule has 0 bridgehead atoms. The number of anilines is 2. The van der Waals surface area contributed by atoms with Crippen molar-refractivity contribution < 1.29 is 19.3 Å². The second-order valence-corrected chi connectivity index (χ2v) is 9.94. The minimum absolute atomic E-state index is 0.0751. The van der Waals surface area contributed by atoms with Crippen molar-refractivity contribution >= 4 is 58.0 Å². The monoisotopic (exact) mass is 500 g/mol. The molecule has 1 N–H and O–H groups in total. The maximum absolute atomic E-state index is 13.9. The highest BCUT2D eigenvalue weighted by molar-refractivity contribution is 6.33. The van der Waals surface area contributed by atoms with E-state index in [1.807, 2.05) is 4.90 Å². The van der Waals surface area contributed by atoms with Crippen LogP contribution in [-0.2, 0) is 19.9 Å². The predicted molar refractivity (Wildman–Crippen MR) is 124 cm³/mol. The van der Waals surface area contributed by atoms with Gasteiger partial charge in [-0.3, -0.25) is 29.4 Å². The van der Waals surface area contributed by atoms with E-state index in [9.17, 15) is 24.5 Å². The van der Waals surface area contributed by atoms with Gasteiger partial charge in [-0.15, -0.1) is 0 Å². The fourth-order valence-electron chi connectivity index (χ4n) is 6.43. The van der Waals surface area contributed by atoms with Gasteiger partial charge in [0, 0.05) is 22.7 Å². The van der Waals surface area contributed by atoms with Crippen LogP contribution in [0.25, 0.3) is 0 Å². The molecule has 0 radical (unpaired) electrons. The van der Waals surface area contributed by atoms with Gasteiger partial charge in [0.1, 0.15) is 10.6 Å². The summed E-state index contributed by atoms with van der Waals surface area (Å²) in [6.45, 7) is 2.38. The van der Waals surface area contributed by atoms with Crippen molar-refractivity contribution in [3.63, 3.8) is 0 Å². The highest BCUT2D eigenvalue weighted by Gasteiger charge is 2.74. The smallest absolute Gasteiger partial charge is 0.289 e. The van der Waals surface area contributed by atoms with Crippen molar-refractivity contribution in [2.45, 2.75) is 31.3 Å². The molecule has 4 heterocycles. The second-order valence-electron chi connectivity index (χ2n) is 9.13. The average molecular weight is 501 g/mol. The Morgan fingerprint density at radius 1 is 1.12 bits per heavy atom. The predicted octanol–water partition coefficient (Wildman–Crippen LogP) is 3.64. The lowest BCUT2D eigenvalue weighted by Gasteiger charge is -2.36. The molecular formula is C23H18Cl2N4O5. The lowest BCUT2D eigenvalue weighted by molar-refractivity contribution is -0.384. The number of carbonyl (C=O) groups excluding carboxylic acids is 3. The largest absolute Gasteiger partial charge is 0.324 e. The van der Waals surface area contributed by atoms with E-state index in [1.54, 1.807) is 19.1 Å². The molecule has 9 nitrogen and oxygen atoms in total. The van der Waals surface area contributed by atoms with E-state index in [2.05, 4.69) is 5.32 Å². The number of hydrogen-bond donors (Lipinski definition) is 1. The van der Waals surface area contributed by atoms with Crippen LogP contribution < -0.4 is 10.2 Å². The fraction of sp³-hybridized carbons (Fsp3) is 0.348. The summed E-state index contributed by atoms with van der Waals surface area (Å²) >= 11 is 12.2. The summed E-state index contributed by atoms with van der Waals surface area (Å²) in [7, 11) is 0. The lowest BCUT2D eigenvalue weighted by atomic mass is 9.75. The molecule has 34 heavy (non-hydrogen) atoms. The molecular weight excluding hydrogens is 483 g/mol. The van der Waals surface area contributed by atoms with E-state index in [-0.39, 0.29) is 22.7 Å². The van der Waals surface area contributed by atoms with Crippen molar-refractivity contribution in [1.29, 1.82) is 0 Å². The Labute approximate surface area is 203 Å². The fourth-order valence-corrected chi connectivity index (χ4v) is 6.77. The summed E-state index contributed by atoms with van der Waals surface area (Å²) in [5.41, 5.74) is 0.254. The molecule has 0 unspecified atom stereocenters. The molecule has 0 aromatic heterocycles. The van der Waals surface area contributed by atoms with Gasteiger partial charge in [-0.2, -0.15) is 0 Å². The van der Waals surface area contributed by atoms with Crippen LogP contribution in [0.4, 0.5) is 17.1 Å². The summed E-state index contributed by atoms with van der Waals surface area (Å²) in [4.78, 5) is 55.1. The molecule has 4 atom stereocenters. The molecule has 3 amide bonds. The average Bonchev–Trinajstić information content (AvgIpc) is 3.50. The van der Waals surface area contributed by atoms with E-state index in [0.717, 1.165) is 17.4 Å². The van der Waals surface area contributed by atoms with E-state index in [4.69, 9.17) is 23.2 Å². The van der Waals surface area contributed by atoms with Crippen LogP contribution in [0.5, 0.6) is 0 Å². The number of imide groups is 1. The maximum atomic E-state index is 13.9. The van der Waals surface area contributed by atoms with E-state index in [0.29, 0.717) is 34.8 Å². The summed E-state index contributed by atoms with van der Waals surface area (Å²) in [5.74, 6) is -3.04. The van der Waals surface area contributed by atoms with Crippen molar-refractivity contribution in [3.05, 3.63) is 61.6 Å². The van der Waals surface area contributed by atoms with Gasteiger partial charge in [-0.1, -0.05) is 29.3 Å². The highest BCUT2D eigenvalue weighted by Crippen LogP contribution is 2.61. The number of nitro groups is 1. The number of rotatable bonds is 2. The zero-order chi connectivity index (χ0) is 24.1. The summed E-state index contributed by atoms with van der Waals surface area (Å²) < 4.78 is 0. The van der Waals surface area contributed by atoms with Crippen LogP contribution in [0, 0.1) is 28.9 Å². The number of halogens is 2. The molecule has 2 aromatic rings. The standard InChI is InChI=1S/C23H18Cl2N4O5/c1-10-13(24)7-5-12-19(10)26-22(32)23(12)18-17(15-3-2-8-27(15)23)20(30)28(21(18)31)11-4-6-14(25)16(9-11)29(33)34/h4-7,9,15,17-18H,2-3,8H2,1H3,(H,26,32)/t15-,17+,18-,23+/m1/s1. The number of amides is 3. The van der Waals surface area contributed by atoms with Gasteiger partial charge in [0.25, 0.3) is 5.69 Å². The Morgan fingerprint density at radius 3 is 2.59 bits per heavy atom. The normalized spacial score (nSPS) is 29.6. The zero-order valence-electron chi connectivity index (χ0n) is 17.9. The van der Waals surface area contributed by atoms with E-state index in [1.165, 1.54) is 12.1 Å². The van der Waals surface area contributed by atoms with Crippen molar-refractivity contribution in [2.75, 3.05) is 16.8 Å². The molecule has 174 valence electrons. The van der Waals surface area contributed by atoms with Gasteiger partial charge in [0.05, 0.1) is 28.1 Å². The van der Waals surface area contributed by atoms with E-state index < -0.39 is 39.8 Å². The van der Waals surface area contributed by atoms with E-state index >= 15 is 0 Å². The van der Waals surface area contributed by atoms with Crippen LogP contribution in [0.2, 0.25) is 10.0 Å². The Balaban J connectivity index is 1.54. The first-order valence-corrected chi connectivity index (χ1v) is 11.6. The summed E-state index contributed by atoms with van der Waals surface area (Å²) in [6.07, 6.45) is 1.46. The lowest BCUT2D eigenvalue weighted by Crippen LogP contribution is -2.54. The summed E-state index contributed by atoms with van der Waals surface area (Å²) in [6, 6.07) is 7.01. The quantitative estimate of drug-likeness (QED) is 0.382. The first-order chi connectivity index (χ1) is 16.2. The summed E-state index contributed by atoms with van der Waals surface area (Å²) in [5, 5.41) is 14.7. The van der Waals surface area contributed by atoms with Crippen LogP contribution in [0.15, 0.2) is 30.3 Å². The Kier molecular flexibility index (Phi) is 4.43. The number of hydrogen-bond acceptors (Lipinski definition) is 6. The second kappa shape index (κ2) is 7.00. The molecule has 6 rings (SSSR count). The number of nitrogens with zero attached hydrogens (tertiary/aromatic N) is 3. The van der Waals surface area contributed by atoms with Gasteiger partial charge in [-0.05, 0) is 50.1 Å². The zero-order valence-corrected chi connectivity index (χ0v) is 19.4. The van der Waals surface area contributed by atoms with Gasteiger partial charge in [0.2, 0.25) is 17.7 Å². The third-order valence-corrected chi connectivity index (χ3v) is 8.48. The molecule has 11 heteroatoms. The molecule has 0 saturated carbocycles. The number of nitrogens with one attached hydrogen (secondary N) is 1. The molecule has 3 fully saturated rings. The molecule has 3 saturated heterocycles. The number of carbonyl (C=O) groups is 3. The first kappa shape index (κ1) is 21.5. The number of fused-ring (bicyclic) bond motifs is 7. The van der Waals surface area contributed by atoms with Crippen LogP contribution in [0.3, 0.4) is 0 Å². The van der Waals surface area contributed by atoms with Crippen LogP contribution >= 0.6 is 23.2 Å². The molecule has 4 aliphatic heterocycles. The topological polar surface area (TPSA) is 113 Å². The van der Waals surface area contributed by atoms with Gasteiger partial charge in [-0.25, -0.2) is 4.90 Å². The minimum atomic E-state index is -1.34. The van der Waals surface area contributed by atoms with Crippen LogP contribution in [-0.4, -0.2) is 40.1 Å². The SMILES string of the molecule is Cc1c(Cl)ccc2c1NC(=O)[C@@]21[C@H]2C(=O)N(c3ccc(Cl)c([N+](=O)[O-])c3)C(=O)[C@H]2[C@H]2CCCN21. The van der Waals surface area contributed by atoms with Gasteiger partial charge in [0.15, 0.2) is 0 Å². The molecule has 2 aromatic carbocycles. The van der Waals surface area contributed by atoms with Crippen molar-refractivity contribution in [1.82, 2.24) is 4.90 Å². The Hall–Kier alpha value is -3.01. The van der Waals surface area contributed by atoms with Crippen molar-refractivity contribution in [3.8, 4) is 0 Å². The van der Waals surface area contributed by atoms with Gasteiger partial charge >= 0.3 is 0 Å². The highest BCUT2D eigenvalue weighted by atomic mass is 35.5. The molecule has 4 aliphatic rings. The molecule has 1 spiro atoms. The van der Waals surface area contributed by atoms with Crippen LogP contribution in [0.1, 0.15) is 24.0 Å². The maximum Gasteiger partial charge on any atom is 0.289 e. The minimum Gasteiger partial charge on any atom is -0.324 e. The third kappa shape index (κ3) is 2.41. The Bertz CT molecular complexity index is 1350. The number of nitro benzene ring substituents is 1. The van der Waals surface area contributed by atoms with Gasteiger partial charge < -0.3 is 5.32 Å².